The number of hydrogen-bond donors (Lipinski definition) is 1. The summed E-state index contributed by atoms with van der Waals surface area (Å²) in [4.78, 5) is 12.3. The maximum atomic E-state index is 12.3. The lowest BCUT2D eigenvalue weighted by Gasteiger charge is -2.08. The van der Waals surface area contributed by atoms with Gasteiger partial charge in [-0.1, -0.05) is 12.1 Å². The molecule has 0 aliphatic heterocycles. The van der Waals surface area contributed by atoms with E-state index in [1.165, 1.54) is 12.1 Å². The molecule has 0 aliphatic rings. The summed E-state index contributed by atoms with van der Waals surface area (Å²) in [6, 6.07) is 15.6. The summed E-state index contributed by atoms with van der Waals surface area (Å²) in [7, 11) is 1.59. The number of hydrogen-bond acceptors (Lipinski definition) is 4. The summed E-state index contributed by atoms with van der Waals surface area (Å²) < 4.78 is 10.3. The third-order valence-electron chi connectivity index (χ3n) is 3.62. The van der Waals surface area contributed by atoms with Crippen LogP contribution in [-0.2, 0) is 0 Å². The van der Waals surface area contributed by atoms with Gasteiger partial charge in [0.25, 0.3) is 0 Å². The summed E-state index contributed by atoms with van der Waals surface area (Å²) in [6.45, 7) is 0. The van der Waals surface area contributed by atoms with E-state index in [9.17, 15) is 9.90 Å². The average molecular weight is 320 g/mol. The van der Waals surface area contributed by atoms with E-state index in [0.717, 1.165) is 11.3 Å². The van der Waals surface area contributed by atoms with Crippen molar-refractivity contribution in [1.29, 1.82) is 0 Å². The Morgan fingerprint density at radius 1 is 1.12 bits per heavy atom. The Labute approximate surface area is 139 Å². The first kappa shape index (κ1) is 15.6. The minimum Gasteiger partial charge on any atom is -0.507 e. The predicted molar refractivity (Wildman–Crippen MR) is 92.2 cm³/mol. The number of phenolic OH excluding ortho intramolecular Hbond substituents is 1. The van der Waals surface area contributed by atoms with Gasteiger partial charge in [-0.05, 0) is 60.2 Å². The Bertz CT molecular complexity index is 859. The highest BCUT2D eigenvalue weighted by Gasteiger charge is 2.09. The van der Waals surface area contributed by atoms with E-state index in [2.05, 4.69) is 0 Å². The Morgan fingerprint density at radius 3 is 2.58 bits per heavy atom. The van der Waals surface area contributed by atoms with Crippen LogP contribution in [0.2, 0.25) is 0 Å². The number of ketones is 1. The number of carbonyl (C=O) groups is 1. The highest BCUT2D eigenvalue weighted by atomic mass is 16.5. The number of rotatable bonds is 5. The average Bonchev–Trinajstić information content (AvgIpc) is 3.14. The first-order valence-electron chi connectivity index (χ1n) is 7.41. The van der Waals surface area contributed by atoms with Gasteiger partial charge in [-0.3, -0.25) is 4.79 Å². The van der Waals surface area contributed by atoms with Crippen LogP contribution in [-0.4, -0.2) is 18.0 Å². The van der Waals surface area contributed by atoms with Crippen LogP contribution in [0.1, 0.15) is 16.1 Å². The van der Waals surface area contributed by atoms with Crippen LogP contribution in [0.4, 0.5) is 0 Å². The molecule has 3 aromatic rings. The molecule has 0 spiro atoms. The molecule has 1 heterocycles. The fourth-order valence-electron chi connectivity index (χ4n) is 2.33. The molecular formula is C20H16O4. The molecule has 1 aromatic heterocycles. The van der Waals surface area contributed by atoms with Crippen LogP contribution in [0, 0.1) is 0 Å². The van der Waals surface area contributed by atoms with Crippen molar-refractivity contribution < 1.29 is 19.1 Å². The van der Waals surface area contributed by atoms with Crippen molar-refractivity contribution in [2.24, 2.45) is 0 Å². The van der Waals surface area contributed by atoms with E-state index in [4.69, 9.17) is 9.15 Å². The molecule has 0 aliphatic carbocycles. The van der Waals surface area contributed by atoms with Crippen LogP contribution in [0.25, 0.3) is 17.2 Å². The van der Waals surface area contributed by atoms with E-state index in [1.807, 2.05) is 12.1 Å². The highest BCUT2D eigenvalue weighted by molar-refractivity contribution is 6.07. The fourth-order valence-corrected chi connectivity index (χ4v) is 2.33. The number of ether oxygens (including phenoxy) is 1. The Kier molecular flexibility index (Phi) is 4.47. The zero-order chi connectivity index (χ0) is 16.9. The second kappa shape index (κ2) is 6.87. The molecule has 4 nitrogen and oxygen atoms in total. The van der Waals surface area contributed by atoms with Gasteiger partial charge in [-0.2, -0.15) is 0 Å². The lowest BCUT2D eigenvalue weighted by molar-refractivity contribution is 0.104. The van der Waals surface area contributed by atoms with Crippen molar-refractivity contribution in [3.63, 3.8) is 0 Å². The van der Waals surface area contributed by atoms with Gasteiger partial charge in [-0.15, -0.1) is 0 Å². The molecule has 24 heavy (non-hydrogen) atoms. The lowest BCUT2D eigenvalue weighted by Crippen LogP contribution is -1.95. The molecule has 0 fully saturated rings. The number of aromatic hydroxyl groups is 1. The summed E-state index contributed by atoms with van der Waals surface area (Å²) >= 11 is 0. The maximum absolute atomic E-state index is 12.3. The van der Waals surface area contributed by atoms with Gasteiger partial charge in [0, 0.05) is 11.1 Å². The summed E-state index contributed by atoms with van der Waals surface area (Å²) in [5.74, 6) is 1.29. The van der Waals surface area contributed by atoms with Crippen molar-refractivity contribution in [1.82, 2.24) is 0 Å². The van der Waals surface area contributed by atoms with E-state index in [0.29, 0.717) is 16.9 Å². The van der Waals surface area contributed by atoms with Crippen LogP contribution >= 0.6 is 0 Å². The number of furan rings is 1. The minimum atomic E-state index is -0.166. The van der Waals surface area contributed by atoms with E-state index in [-0.39, 0.29) is 11.5 Å². The number of carbonyl (C=O) groups excluding carboxylic acids is 1. The van der Waals surface area contributed by atoms with Gasteiger partial charge in [0.05, 0.1) is 13.4 Å². The zero-order valence-electron chi connectivity index (χ0n) is 13.1. The molecule has 0 bridgehead atoms. The standard InChI is InChI=1S/C20H16O4/c1-23-16-7-4-14(5-8-16)18-13-15(6-10-20(18)22)19(21)11-9-17-3-2-12-24-17/h2-13,22H,1H3/b11-9+. The second-order valence-electron chi connectivity index (χ2n) is 5.17. The van der Waals surface area contributed by atoms with Crippen molar-refractivity contribution in [2.75, 3.05) is 7.11 Å². The summed E-state index contributed by atoms with van der Waals surface area (Å²) in [5, 5.41) is 10.1. The molecular weight excluding hydrogens is 304 g/mol. The normalized spacial score (nSPS) is 10.9. The summed E-state index contributed by atoms with van der Waals surface area (Å²) in [5.41, 5.74) is 1.88. The van der Waals surface area contributed by atoms with Crippen LogP contribution < -0.4 is 4.74 Å². The van der Waals surface area contributed by atoms with E-state index >= 15 is 0 Å². The Balaban J connectivity index is 1.89. The van der Waals surface area contributed by atoms with E-state index in [1.54, 1.807) is 55.8 Å². The molecule has 3 rings (SSSR count). The third-order valence-corrected chi connectivity index (χ3v) is 3.62. The fraction of sp³-hybridized carbons (Fsp3) is 0.0500. The molecule has 1 N–H and O–H groups in total. The van der Waals surface area contributed by atoms with Gasteiger partial charge in [0.2, 0.25) is 0 Å². The number of allylic oxidation sites excluding steroid dienone is 1. The maximum Gasteiger partial charge on any atom is 0.185 e. The minimum absolute atomic E-state index is 0.117. The quantitative estimate of drug-likeness (QED) is 0.553. The monoisotopic (exact) mass is 320 g/mol. The van der Waals surface area contributed by atoms with Crippen LogP contribution in [0.3, 0.4) is 0 Å². The van der Waals surface area contributed by atoms with E-state index < -0.39 is 0 Å². The van der Waals surface area contributed by atoms with Gasteiger partial charge < -0.3 is 14.3 Å². The molecule has 120 valence electrons. The highest BCUT2D eigenvalue weighted by Crippen LogP contribution is 2.31. The number of benzene rings is 2. The largest absolute Gasteiger partial charge is 0.507 e. The van der Waals surface area contributed by atoms with Gasteiger partial charge >= 0.3 is 0 Å². The van der Waals surface area contributed by atoms with Gasteiger partial charge in [0.1, 0.15) is 17.3 Å². The van der Waals surface area contributed by atoms with Crippen molar-refractivity contribution in [2.45, 2.75) is 0 Å². The Hall–Kier alpha value is -3.27. The Morgan fingerprint density at radius 2 is 1.92 bits per heavy atom. The topological polar surface area (TPSA) is 59.7 Å². The SMILES string of the molecule is COc1ccc(-c2cc(C(=O)/C=C/c3ccco3)ccc2O)cc1. The zero-order valence-corrected chi connectivity index (χ0v) is 13.1. The van der Waals surface area contributed by atoms with Crippen molar-refractivity contribution >= 4 is 11.9 Å². The molecule has 0 amide bonds. The number of phenols is 1. The first-order valence-corrected chi connectivity index (χ1v) is 7.41. The van der Waals surface area contributed by atoms with Gasteiger partial charge in [-0.25, -0.2) is 0 Å². The lowest BCUT2D eigenvalue weighted by atomic mass is 10.00. The molecule has 0 atom stereocenters. The summed E-state index contributed by atoms with van der Waals surface area (Å²) in [6.07, 6.45) is 4.61. The van der Waals surface area contributed by atoms with Crippen molar-refractivity contribution in [3.05, 3.63) is 78.3 Å². The predicted octanol–water partition coefficient (Wildman–Crippen LogP) is 4.56. The molecule has 0 radical (unpaired) electrons. The third kappa shape index (κ3) is 3.38. The molecule has 4 heteroatoms. The molecule has 0 saturated heterocycles. The van der Waals surface area contributed by atoms with Crippen LogP contribution in [0.15, 0.2) is 71.4 Å². The van der Waals surface area contributed by atoms with Crippen LogP contribution in [0.5, 0.6) is 11.5 Å². The molecule has 0 saturated carbocycles. The smallest absolute Gasteiger partial charge is 0.185 e. The number of methoxy groups -OCH3 is 1. The first-order chi connectivity index (χ1) is 11.7. The van der Waals surface area contributed by atoms with Gasteiger partial charge in [0.15, 0.2) is 5.78 Å². The molecule has 2 aromatic carbocycles. The van der Waals surface area contributed by atoms with Crippen molar-refractivity contribution in [3.8, 4) is 22.6 Å². The second-order valence-corrected chi connectivity index (χ2v) is 5.17. The molecule has 0 unspecified atom stereocenters.